The third-order valence-electron chi connectivity index (χ3n) is 10.8. The number of allylic oxidation sites excluding steroid dienone is 2. The molecule has 0 amide bonds. The summed E-state index contributed by atoms with van der Waals surface area (Å²) >= 11 is 0. The molecule has 0 spiro atoms. The monoisotopic (exact) mass is 428 g/mol. The second-order valence-electron chi connectivity index (χ2n) is 12.5. The van der Waals surface area contributed by atoms with Crippen LogP contribution in [0.15, 0.2) is 23.3 Å². The quantitative estimate of drug-likeness (QED) is 0.451. The molecular formula is C29H48O2. The number of hydrogen-bond acceptors (Lipinski definition) is 2. The molecule has 4 rings (SSSR count). The SMILES string of the molecule is CC(C)C(=CCO)CC[C@@H](C)[C@H]1CC[C@H]2[C@H]3CC=C4C[C@@H](O)CC[C@]4(C)[C@@H]3CC[C@]12C. The second kappa shape index (κ2) is 8.98. The van der Waals surface area contributed by atoms with Crippen LogP contribution in [0.2, 0.25) is 0 Å². The molecule has 4 aliphatic rings. The molecule has 3 saturated carbocycles. The molecule has 0 radical (unpaired) electrons. The van der Waals surface area contributed by atoms with Gasteiger partial charge in [0, 0.05) is 0 Å². The highest BCUT2D eigenvalue weighted by atomic mass is 16.3. The molecule has 31 heavy (non-hydrogen) atoms. The molecule has 0 saturated heterocycles. The Morgan fingerprint density at radius 2 is 1.87 bits per heavy atom. The Morgan fingerprint density at radius 3 is 2.58 bits per heavy atom. The number of fused-ring (bicyclic) bond motifs is 5. The van der Waals surface area contributed by atoms with Crippen LogP contribution in [0, 0.1) is 46.3 Å². The number of rotatable bonds is 6. The molecule has 0 bridgehead atoms. The highest BCUT2D eigenvalue weighted by molar-refractivity contribution is 5.25. The molecule has 0 heterocycles. The predicted octanol–water partition coefficient (Wildman–Crippen LogP) is 6.92. The largest absolute Gasteiger partial charge is 0.393 e. The van der Waals surface area contributed by atoms with Gasteiger partial charge in [0.05, 0.1) is 12.7 Å². The fraction of sp³-hybridized carbons (Fsp3) is 0.862. The fourth-order valence-corrected chi connectivity index (χ4v) is 8.96. The van der Waals surface area contributed by atoms with E-state index < -0.39 is 0 Å². The van der Waals surface area contributed by atoms with Gasteiger partial charge in [-0.3, -0.25) is 0 Å². The van der Waals surface area contributed by atoms with E-state index in [1.807, 2.05) is 0 Å². The van der Waals surface area contributed by atoms with Crippen LogP contribution in [0.3, 0.4) is 0 Å². The normalized spacial score (nSPS) is 43.8. The minimum Gasteiger partial charge on any atom is -0.393 e. The average Bonchev–Trinajstić information content (AvgIpc) is 3.08. The Labute approximate surface area is 191 Å². The van der Waals surface area contributed by atoms with E-state index in [9.17, 15) is 10.2 Å². The molecule has 2 heteroatoms. The maximum Gasteiger partial charge on any atom is 0.0615 e. The van der Waals surface area contributed by atoms with E-state index in [4.69, 9.17) is 0 Å². The molecule has 0 unspecified atom stereocenters. The third-order valence-corrected chi connectivity index (χ3v) is 10.8. The second-order valence-corrected chi connectivity index (χ2v) is 12.5. The molecule has 0 aromatic carbocycles. The Hall–Kier alpha value is -0.600. The summed E-state index contributed by atoms with van der Waals surface area (Å²) in [5, 5.41) is 19.6. The first kappa shape index (κ1) is 23.6. The zero-order chi connectivity index (χ0) is 22.4. The molecule has 3 fully saturated rings. The minimum absolute atomic E-state index is 0.0999. The standard InChI is InChI=1S/C29H48O2/c1-19(2)21(14-17-30)7-6-20(3)25-10-11-26-24-9-8-22-18-23(31)12-15-28(22,4)27(24)13-16-29(25,26)5/h8,14,19-20,23-27,30-31H,6-7,9-13,15-18H2,1-5H3/t20-,23+,24-,25-,26+,27-,28+,29-/m1/s1. The highest BCUT2D eigenvalue weighted by Crippen LogP contribution is 2.67. The van der Waals surface area contributed by atoms with Crippen LogP contribution >= 0.6 is 0 Å². The Bertz CT molecular complexity index is 706. The Balaban J connectivity index is 1.47. The van der Waals surface area contributed by atoms with Crippen molar-refractivity contribution >= 4 is 0 Å². The molecule has 0 aliphatic heterocycles. The smallest absolute Gasteiger partial charge is 0.0615 e. The number of hydrogen-bond donors (Lipinski definition) is 2. The van der Waals surface area contributed by atoms with Crippen LogP contribution in [0.4, 0.5) is 0 Å². The fourth-order valence-electron chi connectivity index (χ4n) is 8.96. The van der Waals surface area contributed by atoms with E-state index in [0.717, 1.165) is 48.9 Å². The zero-order valence-electron chi connectivity index (χ0n) is 20.9. The lowest BCUT2D eigenvalue weighted by Crippen LogP contribution is -2.50. The lowest BCUT2D eigenvalue weighted by molar-refractivity contribution is -0.0571. The van der Waals surface area contributed by atoms with E-state index in [1.54, 1.807) is 5.57 Å². The van der Waals surface area contributed by atoms with Crippen molar-refractivity contribution in [1.29, 1.82) is 0 Å². The molecule has 8 atom stereocenters. The van der Waals surface area contributed by atoms with E-state index in [2.05, 4.69) is 46.8 Å². The molecule has 4 aliphatic carbocycles. The van der Waals surface area contributed by atoms with Gasteiger partial charge in [-0.25, -0.2) is 0 Å². The molecule has 176 valence electrons. The van der Waals surface area contributed by atoms with Crippen molar-refractivity contribution in [3.63, 3.8) is 0 Å². The summed E-state index contributed by atoms with van der Waals surface area (Å²) in [5.74, 6) is 4.75. The van der Waals surface area contributed by atoms with Gasteiger partial charge in [-0.2, -0.15) is 0 Å². The van der Waals surface area contributed by atoms with Gasteiger partial charge in [-0.15, -0.1) is 0 Å². The van der Waals surface area contributed by atoms with Gasteiger partial charge in [0.2, 0.25) is 0 Å². The summed E-state index contributed by atoms with van der Waals surface area (Å²) in [5.41, 5.74) is 3.90. The third kappa shape index (κ3) is 4.10. The number of aliphatic hydroxyl groups is 2. The zero-order valence-corrected chi connectivity index (χ0v) is 20.9. The number of aliphatic hydroxyl groups excluding tert-OH is 2. The van der Waals surface area contributed by atoms with Gasteiger partial charge < -0.3 is 10.2 Å². The average molecular weight is 429 g/mol. The van der Waals surface area contributed by atoms with Crippen LogP contribution in [-0.2, 0) is 0 Å². The Kier molecular flexibility index (Phi) is 6.82. The molecule has 2 nitrogen and oxygen atoms in total. The van der Waals surface area contributed by atoms with Gasteiger partial charge in [0.1, 0.15) is 0 Å². The van der Waals surface area contributed by atoms with Crippen molar-refractivity contribution in [2.75, 3.05) is 6.61 Å². The van der Waals surface area contributed by atoms with Gasteiger partial charge >= 0.3 is 0 Å². The van der Waals surface area contributed by atoms with Crippen molar-refractivity contribution in [1.82, 2.24) is 0 Å². The summed E-state index contributed by atoms with van der Waals surface area (Å²) in [6, 6.07) is 0. The minimum atomic E-state index is -0.0999. The van der Waals surface area contributed by atoms with Crippen LogP contribution in [0.5, 0.6) is 0 Å². The summed E-state index contributed by atoms with van der Waals surface area (Å²) in [6.45, 7) is 12.4. The van der Waals surface area contributed by atoms with Crippen LogP contribution in [-0.4, -0.2) is 22.9 Å². The summed E-state index contributed by atoms with van der Waals surface area (Å²) in [6.07, 6.45) is 17.0. The highest BCUT2D eigenvalue weighted by Gasteiger charge is 2.59. The topological polar surface area (TPSA) is 40.5 Å². The van der Waals surface area contributed by atoms with Crippen molar-refractivity contribution in [3.8, 4) is 0 Å². The van der Waals surface area contributed by atoms with Crippen molar-refractivity contribution < 1.29 is 10.2 Å². The van der Waals surface area contributed by atoms with E-state index >= 15 is 0 Å². The van der Waals surface area contributed by atoms with Crippen molar-refractivity contribution in [2.45, 2.75) is 105 Å². The van der Waals surface area contributed by atoms with Crippen LogP contribution in [0.25, 0.3) is 0 Å². The van der Waals surface area contributed by atoms with E-state index in [-0.39, 0.29) is 12.7 Å². The first-order valence-corrected chi connectivity index (χ1v) is 13.4. The van der Waals surface area contributed by atoms with E-state index in [0.29, 0.717) is 16.7 Å². The van der Waals surface area contributed by atoms with Gasteiger partial charge in [0.15, 0.2) is 0 Å². The first-order valence-electron chi connectivity index (χ1n) is 13.4. The van der Waals surface area contributed by atoms with Gasteiger partial charge in [-0.05, 0) is 111 Å². The summed E-state index contributed by atoms with van der Waals surface area (Å²) in [4.78, 5) is 0. The van der Waals surface area contributed by atoms with Crippen molar-refractivity contribution in [3.05, 3.63) is 23.3 Å². The Morgan fingerprint density at radius 1 is 1.10 bits per heavy atom. The lowest BCUT2D eigenvalue weighted by atomic mass is 9.47. The molecule has 0 aromatic rings. The molecular weight excluding hydrogens is 380 g/mol. The van der Waals surface area contributed by atoms with Gasteiger partial charge in [-0.1, -0.05) is 57.9 Å². The van der Waals surface area contributed by atoms with Crippen LogP contribution in [0.1, 0.15) is 98.8 Å². The predicted molar refractivity (Wildman–Crippen MR) is 130 cm³/mol. The van der Waals surface area contributed by atoms with Crippen LogP contribution < -0.4 is 0 Å². The first-order chi connectivity index (χ1) is 14.7. The van der Waals surface area contributed by atoms with E-state index in [1.165, 1.54) is 50.5 Å². The van der Waals surface area contributed by atoms with Crippen molar-refractivity contribution in [2.24, 2.45) is 46.3 Å². The van der Waals surface area contributed by atoms with Gasteiger partial charge in [0.25, 0.3) is 0 Å². The maximum absolute atomic E-state index is 10.2. The lowest BCUT2D eigenvalue weighted by Gasteiger charge is -2.58. The molecule has 0 aromatic heterocycles. The summed E-state index contributed by atoms with van der Waals surface area (Å²) in [7, 11) is 0. The maximum atomic E-state index is 10.2. The molecule has 2 N–H and O–H groups in total. The summed E-state index contributed by atoms with van der Waals surface area (Å²) < 4.78 is 0.